The van der Waals surface area contributed by atoms with E-state index in [9.17, 15) is 5.11 Å². The number of hydrogen-bond donors (Lipinski definition) is 2. The van der Waals surface area contributed by atoms with Gasteiger partial charge >= 0.3 is 0 Å². The third-order valence-corrected chi connectivity index (χ3v) is 2.82. The summed E-state index contributed by atoms with van der Waals surface area (Å²) in [5.74, 6) is 0. The molecule has 0 aromatic carbocycles. The summed E-state index contributed by atoms with van der Waals surface area (Å²) in [6.07, 6.45) is 1.18. The fraction of sp³-hybridized carbons (Fsp3) is 1.00. The van der Waals surface area contributed by atoms with Gasteiger partial charge in [-0.15, -0.1) is 0 Å². The molecule has 0 saturated carbocycles. The average molecular weight is 201 g/mol. The lowest BCUT2D eigenvalue weighted by atomic mass is 10.1. The first-order valence-electron chi connectivity index (χ1n) is 5.37. The molecule has 14 heavy (non-hydrogen) atoms. The predicted molar refractivity (Wildman–Crippen MR) is 58.2 cm³/mol. The van der Waals surface area contributed by atoms with Crippen LogP contribution in [0.25, 0.3) is 0 Å². The van der Waals surface area contributed by atoms with Gasteiger partial charge in [-0.3, -0.25) is 4.90 Å². The first-order chi connectivity index (χ1) is 6.53. The van der Waals surface area contributed by atoms with E-state index in [0.29, 0.717) is 13.1 Å². The van der Waals surface area contributed by atoms with Crippen molar-refractivity contribution >= 4 is 0 Å². The van der Waals surface area contributed by atoms with Crippen LogP contribution < -0.4 is 5.73 Å². The van der Waals surface area contributed by atoms with Gasteiger partial charge in [0, 0.05) is 26.2 Å². The molecule has 0 amide bonds. The Hall–Kier alpha value is -0.160. The summed E-state index contributed by atoms with van der Waals surface area (Å²) in [7, 11) is 2.14. The van der Waals surface area contributed by atoms with Gasteiger partial charge in [0.05, 0.1) is 5.60 Å². The van der Waals surface area contributed by atoms with Crippen molar-refractivity contribution < 1.29 is 5.11 Å². The molecule has 0 aromatic rings. The lowest BCUT2D eigenvalue weighted by Crippen LogP contribution is -2.46. The minimum absolute atomic E-state index is 0.333. The molecule has 84 valence electrons. The van der Waals surface area contributed by atoms with Crippen LogP contribution in [0.5, 0.6) is 0 Å². The molecule has 4 nitrogen and oxygen atoms in total. The average Bonchev–Trinajstić information content (AvgIpc) is 2.31. The van der Waals surface area contributed by atoms with Crippen molar-refractivity contribution in [2.45, 2.75) is 18.9 Å². The summed E-state index contributed by atoms with van der Waals surface area (Å²) < 4.78 is 0. The molecule has 1 aliphatic rings. The van der Waals surface area contributed by atoms with Gasteiger partial charge < -0.3 is 15.7 Å². The zero-order valence-corrected chi connectivity index (χ0v) is 9.37. The Morgan fingerprint density at radius 3 is 2.64 bits per heavy atom. The summed E-state index contributed by atoms with van der Waals surface area (Å²) in [6, 6.07) is 0. The number of aliphatic hydroxyl groups is 1. The SMILES string of the molecule is CN1CCCN(CC(C)(O)CN)CC1. The molecule has 1 saturated heterocycles. The van der Waals surface area contributed by atoms with Crippen LogP contribution in [0.15, 0.2) is 0 Å². The fourth-order valence-electron chi connectivity index (χ4n) is 1.80. The third-order valence-electron chi connectivity index (χ3n) is 2.82. The smallest absolute Gasteiger partial charge is 0.0867 e. The number of rotatable bonds is 3. The van der Waals surface area contributed by atoms with Crippen LogP contribution in [0.1, 0.15) is 13.3 Å². The Morgan fingerprint density at radius 2 is 2.00 bits per heavy atom. The van der Waals surface area contributed by atoms with Crippen molar-refractivity contribution in [3.05, 3.63) is 0 Å². The molecule has 1 atom stereocenters. The molecule has 0 aliphatic carbocycles. The first kappa shape index (κ1) is 11.9. The summed E-state index contributed by atoms with van der Waals surface area (Å²) in [5.41, 5.74) is 4.77. The second kappa shape index (κ2) is 5.07. The van der Waals surface area contributed by atoms with E-state index in [4.69, 9.17) is 5.73 Å². The second-order valence-corrected chi connectivity index (χ2v) is 4.63. The predicted octanol–water partition coefficient (Wildman–Crippen LogP) is -0.666. The quantitative estimate of drug-likeness (QED) is 0.636. The molecule has 0 radical (unpaired) electrons. The van der Waals surface area contributed by atoms with Crippen molar-refractivity contribution in [1.29, 1.82) is 0 Å². The van der Waals surface area contributed by atoms with Crippen molar-refractivity contribution in [3.63, 3.8) is 0 Å². The van der Waals surface area contributed by atoms with Crippen molar-refractivity contribution in [3.8, 4) is 0 Å². The van der Waals surface area contributed by atoms with Crippen LogP contribution in [0.4, 0.5) is 0 Å². The number of likely N-dealkylation sites (N-methyl/N-ethyl adjacent to an activating group) is 1. The molecule has 1 rings (SSSR count). The zero-order chi connectivity index (χ0) is 10.6. The van der Waals surface area contributed by atoms with Gasteiger partial charge in [0.25, 0.3) is 0 Å². The minimum Gasteiger partial charge on any atom is -0.388 e. The van der Waals surface area contributed by atoms with Gasteiger partial charge in [-0.25, -0.2) is 0 Å². The van der Waals surface area contributed by atoms with Crippen molar-refractivity contribution in [1.82, 2.24) is 9.80 Å². The maximum Gasteiger partial charge on any atom is 0.0867 e. The molecular formula is C10H23N3O. The van der Waals surface area contributed by atoms with E-state index in [2.05, 4.69) is 16.8 Å². The van der Waals surface area contributed by atoms with Crippen molar-refractivity contribution in [2.75, 3.05) is 46.3 Å². The Morgan fingerprint density at radius 1 is 1.29 bits per heavy atom. The summed E-state index contributed by atoms with van der Waals surface area (Å²) in [4.78, 5) is 4.63. The highest BCUT2D eigenvalue weighted by atomic mass is 16.3. The van der Waals surface area contributed by atoms with E-state index in [0.717, 1.165) is 26.2 Å². The lowest BCUT2D eigenvalue weighted by Gasteiger charge is -2.29. The molecule has 0 bridgehead atoms. The monoisotopic (exact) mass is 201 g/mol. The van der Waals surface area contributed by atoms with E-state index < -0.39 is 5.60 Å². The Bertz CT molecular complexity index is 173. The van der Waals surface area contributed by atoms with Crippen LogP contribution in [-0.4, -0.2) is 66.8 Å². The number of hydrogen-bond acceptors (Lipinski definition) is 4. The molecule has 0 spiro atoms. The van der Waals surface area contributed by atoms with Crippen LogP contribution in [-0.2, 0) is 0 Å². The van der Waals surface area contributed by atoms with E-state index in [1.54, 1.807) is 0 Å². The van der Waals surface area contributed by atoms with E-state index in [-0.39, 0.29) is 0 Å². The maximum atomic E-state index is 9.85. The largest absolute Gasteiger partial charge is 0.388 e. The highest BCUT2D eigenvalue weighted by Gasteiger charge is 2.23. The number of nitrogens with two attached hydrogens (primary N) is 1. The maximum absolute atomic E-state index is 9.85. The van der Waals surface area contributed by atoms with Crippen molar-refractivity contribution in [2.24, 2.45) is 5.73 Å². The topological polar surface area (TPSA) is 52.7 Å². The first-order valence-corrected chi connectivity index (χ1v) is 5.37. The van der Waals surface area contributed by atoms with Crippen LogP contribution >= 0.6 is 0 Å². The van der Waals surface area contributed by atoms with Gasteiger partial charge in [0.2, 0.25) is 0 Å². The summed E-state index contributed by atoms with van der Waals surface area (Å²) in [5, 5.41) is 9.85. The highest BCUT2D eigenvalue weighted by molar-refractivity contribution is 4.80. The molecule has 0 aromatic heterocycles. The van der Waals surface area contributed by atoms with Gasteiger partial charge in [-0.05, 0) is 33.5 Å². The Kier molecular flexibility index (Phi) is 4.31. The standard InChI is InChI=1S/C10H23N3O/c1-10(14,8-11)9-13-5-3-4-12(2)6-7-13/h14H,3-9,11H2,1-2H3. The molecule has 1 aliphatic heterocycles. The molecule has 1 fully saturated rings. The van der Waals surface area contributed by atoms with Crippen LogP contribution in [0, 0.1) is 0 Å². The molecule has 1 unspecified atom stereocenters. The molecular weight excluding hydrogens is 178 g/mol. The molecule has 1 heterocycles. The summed E-state index contributed by atoms with van der Waals surface area (Å²) >= 11 is 0. The van der Waals surface area contributed by atoms with E-state index in [1.807, 2.05) is 6.92 Å². The Labute approximate surface area is 86.7 Å². The number of nitrogens with zero attached hydrogens (tertiary/aromatic N) is 2. The summed E-state index contributed by atoms with van der Waals surface area (Å²) in [6.45, 7) is 7.17. The minimum atomic E-state index is -0.733. The van der Waals surface area contributed by atoms with Gasteiger partial charge in [-0.2, -0.15) is 0 Å². The van der Waals surface area contributed by atoms with Crippen LogP contribution in [0.2, 0.25) is 0 Å². The zero-order valence-electron chi connectivity index (χ0n) is 9.37. The van der Waals surface area contributed by atoms with Gasteiger partial charge in [0.15, 0.2) is 0 Å². The normalized spacial score (nSPS) is 25.7. The highest BCUT2D eigenvalue weighted by Crippen LogP contribution is 2.07. The lowest BCUT2D eigenvalue weighted by molar-refractivity contribution is 0.0287. The van der Waals surface area contributed by atoms with E-state index >= 15 is 0 Å². The fourth-order valence-corrected chi connectivity index (χ4v) is 1.80. The van der Waals surface area contributed by atoms with E-state index in [1.165, 1.54) is 6.42 Å². The third kappa shape index (κ3) is 3.92. The van der Waals surface area contributed by atoms with Gasteiger partial charge in [-0.1, -0.05) is 0 Å². The van der Waals surface area contributed by atoms with Crippen LogP contribution in [0.3, 0.4) is 0 Å². The number of β-amino-alcohol motifs (C(OH)–C–C–N with tert-alkyl or cyclic N) is 1. The van der Waals surface area contributed by atoms with Gasteiger partial charge in [0.1, 0.15) is 0 Å². The Balaban J connectivity index is 2.37. The molecule has 3 N–H and O–H groups in total. The molecule has 4 heteroatoms. The second-order valence-electron chi connectivity index (χ2n) is 4.63.